The maximum Gasteiger partial charge on any atom is 0.281 e. The molecule has 5 rings (SSSR count). The zero-order valence-electron chi connectivity index (χ0n) is 25.8. The Bertz CT molecular complexity index is 1710. The number of likely N-dealkylation sites (N-methyl/N-ethyl adjacent to an activating group) is 1. The van der Waals surface area contributed by atoms with Gasteiger partial charge in [-0.25, -0.2) is 4.98 Å². The van der Waals surface area contributed by atoms with Crippen LogP contribution in [0.4, 0.5) is 5.69 Å². The summed E-state index contributed by atoms with van der Waals surface area (Å²) in [6.45, 7) is 5.02. The minimum absolute atomic E-state index is 0.138. The van der Waals surface area contributed by atoms with Crippen LogP contribution in [0.1, 0.15) is 29.8 Å². The van der Waals surface area contributed by atoms with Gasteiger partial charge in [-0.3, -0.25) is 14.4 Å². The molecule has 0 saturated carbocycles. The van der Waals surface area contributed by atoms with Crippen molar-refractivity contribution in [1.82, 2.24) is 19.4 Å². The molecule has 2 N–H and O–H groups in total. The van der Waals surface area contributed by atoms with E-state index >= 15 is 0 Å². The Morgan fingerprint density at radius 1 is 1.09 bits per heavy atom. The number of hydrogen-bond acceptors (Lipinski definition) is 8. The molecule has 0 unspecified atom stereocenters. The second-order valence-corrected chi connectivity index (χ2v) is 13.2. The minimum atomic E-state index is -4.06. The van der Waals surface area contributed by atoms with Crippen LogP contribution in [0.15, 0.2) is 90.3 Å². The number of carbonyl (C=O) groups is 1. The molecule has 0 radical (unpaired) electrons. The van der Waals surface area contributed by atoms with E-state index in [1.165, 1.54) is 17.1 Å². The van der Waals surface area contributed by atoms with Crippen LogP contribution in [0.2, 0.25) is 0 Å². The molecule has 12 heteroatoms. The van der Waals surface area contributed by atoms with E-state index in [2.05, 4.69) is 14.6 Å². The molecule has 1 aliphatic heterocycles. The van der Waals surface area contributed by atoms with Crippen molar-refractivity contribution in [3.05, 3.63) is 96.4 Å². The van der Waals surface area contributed by atoms with Crippen LogP contribution >= 0.6 is 0 Å². The Labute approximate surface area is 264 Å². The standard InChI is InChI=1S/C33H39N5O6S/c1-23-17-38(24(2)21-39)33(40)28-11-8-12-29(35-45(41,42)31-20-37(4)22-34-31)32(28)44-30(23)19-36(3)18-25-13-15-27(16-14-25)43-26-9-6-5-7-10-26/h5-16,20,22-24,30,35,39H,17-19,21H2,1-4H3/t23-,24-,30-/m0/s1. The monoisotopic (exact) mass is 633 g/mol. The molecular weight excluding hydrogens is 594 g/mol. The first-order chi connectivity index (χ1) is 21.5. The Morgan fingerprint density at radius 2 is 1.80 bits per heavy atom. The van der Waals surface area contributed by atoms with Crippen LogP contribution in [0.5, 0.6) is 17.2 Å². The van der Waals surface area contributed by atoms with Crippen LogP contribution < -0.4 is 14.2 Å². The first-order valence-corrected chi connectivity index (χ1v) is 16.2. The first-order valence-electron chi connectivity index (χ1n) is 14.8. The zero-order chi connectivity index (χ0) is 32.1. The molecular formula is C33H39N5O6S. The molecule has 2 heterocycles. The normalized spacial score (nSPS) is 17.6. The van der Waals surface area contributed by atoms with E-state index in [4.69, 9.17) is 9.47 Å². The number of carbonyl (C=O) groups excluding carboxylic acids is 1. The van der Waals surface area contributed by atoms with Crippen molar-refractivity contribution in [2.75, 3.05) is 31.5 Å². The van der Waals surface area contributed by atoms with Gasteiger partial charge < -0.3 is 24.0 Å². The lowest BCUT2D eigenvalue weighted by Crippen LogP contribution is -2.49. The molecule has 11 nitrogen and oxygen atoms in total. The van der Waals surface area contributed by atoms with Gasteiger partial charge in [0.05, 0.1) is 30.2 Å². The smallest absolute Gasteiger partial charge is 0.281 e. The number of imidazole rings is 1. The predicted octanol–water partition coefficient (Wildman–Crippen LogP) is 4.37. The zero-order valence-corrected chi connectivity index (χ0v) is 26.6. The highest BCUT2D eigenvalue weighted by Gasteiger charge is 2.35. The van der Waals surface area contributed by atoms with Crippen molar-refractivity contribution in [2.45, 2.75) is 37.6 Å². The third-order valence-electron chi connectivity index (χ3n) is 7.74. The van der Waals surface area contributed by atoms with Crippen molar-refractivity contribution < 1.29 is 27.8 Å². The van der Waals surface area contributed by atoms with Gasteiger partial charge in [-0.15, -0.1) is 0 Å². The van der Waals surface area contributed by atoms with Gasteiger partial charge in [0, 0.05) is 38.8 Å². The molecule has 0 fully saturated rings. The van der Waals surface area contributed by atoms with Crippen LogP contribution in [-0.2, 0) is 23.6 Å². The fraction of sp³-hybridized carbons (Fsp3) is 0.333. The van der Waals surface area contributed by atoms with Crippen molar-refractivity contribution >= 4 is 21.6 Å². The van der Waals surface area contributed by atoms with Crippen molar-refractivity contribution in [1.29, 1.82) is 0 Å². The Balaban J connectivity index is 1.39. The molecule has 3 aromatic carbocycles. The third-order valence-corrected chi connectivity index (χ3v) is 8.99. The lowest BCUT2D eigenvalue weighted by Gasteiger charge is -2.38. The fourth-order valence-corrected chi connectivity index (χ4v) is 6.28. The summed E-state index contributed by atoms with van der Waals surface area (Å²) in [5.74, 6) is 1.15. The van der Waals surface area contributed by atoms with Gasteiger partial charge in [0.15, 0.2) is 10.8 Å². The summed E-state index contributed by atoms with van der Waals surface area (Å²) in [6.07, 6.45) is 2.37. The molecule has 0 bridgehead atoms. The van der Waals surface area contributed by atoms with Gasteiger partial charge in [-0.1, -0.05) is 43.3 Å². The van der Waals surface area contributed by atoms with Crippen molar-refractivity contribution in [2.24, 2.45) is 13.0 Å². The number of nitrogens with one attached hydrogen (secondary N) is 1. The number of ether oxygens (including phenoxy) is 2. The summed E-state index contributed by atoms with van der Waals surface area (Å²) in [7, 11) is -0.401. The quantitative estimate of drug-likeness (QED) is 0.250. The number of fused-ring (bicyclic) bond motifs is 1. The molecule has 3 atom stereocenters. The minimum Gasteiger partial charge on any atom is -0.486 e. The molecule has 45 heavy (non-hydrogen) atoms. The Kier molecular flexibility index (Phi) is 9.76. The summed E-state index contributed by atoms with van der Waals surface area (Å²) < 4.78 is 43.0. The fourth-order valence-electron chi connectivity index (χ4n) is 5.24. The number of para-hydroxylation sites is 2. The van der Waals surface area contributed by atoms with Gasteiger partial charge >= 0.3 is 0 Å². The highest BCUT2D eigenvalue weighted by atomic mass is 32.2. The van der Waals surface area contributed by atoms with E-state index in [1.54, 1.807) is 37.1 Å². The SMILES string of the molecule is C[C@H]1CN([C@@H](C)CO)C(=O)c2cccc(NS(=O)(=O)c3cn(C)cn3)c2O[C@H]1CN(C)Cc1ccc(Oc2ccccc2)cc1. The molecule has 4 aromatic rings. The van der Waals surface area contributed by atoms with Gasteiger partial charge in [0.1, 0.15) is 17.6 Å². The molecule has 0 saturated heterocycles. The highest BCUT2D eigenvalue weighted by molar-refractivity contribution is 7.92. The number of anilines is 1. The Morgan fingerprint density at radius 3 is 2.47 bits per heavy atom. The number of aliphatic hydroxyl groups excluding tert-OH is 1. The largest absolute Gasteiger partial charge is 0.486 e. The van der Waals surface area contributed by atoms with Crippen LogP contribution in [0, 0.1) is 5.92 Å². The number of aryl methyl sites for hydroxylation is 1. The lowest BCUT2D eigenvalue weighted by atomic mass is 9.99. The summed E-state index contributed by atoms with van der Waals surface area (Å²) in [4.78, 5) is 21.5. The van der Waals surface area contributed by atoms with E-state index in [9.17, 15) is 18.3 Å². The average molecular weight is 634 g/mol. The van der Waals surface area contributed by atoms with E-state index in [-0.39, 0.29) is 40.5 Å². The summed E-state index contributed by atoms with van der Waals surface area (Å²) in [5, 5.41) is 9.82. The van der Waals surface area contributed by atoms with E-state index in [0.717, 1.165) is 17.1 Å². The van der Waals surface area contributed by atoms with E-state index < -0.39 is 22.2 Å². The number of rotatable bonds is 11. The number of aromatic nitrogens is 2. The predicted molar refractivity (Wildman–Crippen MR) is 171 cm³/mol. The number of amides is 1. The second-order valence-electron chi connectivity index (χ2n) is 11.5. The van der Waals surface area contributed by atoms with Gasteiger partial charge in [-0.2, -0.15) is 8.42 Å². The molecule has 1 aromatic heterocycles. The first kappa shape index (κ1) is 32.0. The maximum absolute atomic E-state index is 13.8. The number of nitrogens with zero attached hydrogens (tertiary/aromatic N) is 4. The highest BCUT2D eigenvalue weighted by Crippen LogP contribution is 2.36. The number of aliphatic hydroxyl groups is 1. The van der Waals surface area contributed by atoms with E-state index in [1.807, 2.05) is 68.6 Å². The van der Waals surface area contributed by atoms with Gasteiger partial charge in [0.25, 0.3) is 15.9 Å². The van der Waals surface area contributed by atoms with Crippen LogP contribution in [0.25, 0.3) is 0 Å². The van der Waals surface area contributed by atoms with Crippen LogP contribution in [0.3, 0.4) is 0 Å². The summed E-state index contributed by atoms with van der Waals surface area (Å²) in [5.41, 5.74) is 1.43. The summed E-state index contributed by atoms with van der Waals surface area (Å²) in [6, 6.07) is 21.8. The second kappa shape index (κ2) is 13.7. The molecule has 0 spiro atoms. The van der Waals surface area contributed by atoms with E-state index in [0.29, 0.717) is 19.6 Å². The van der Waals surface area contributed by atoms with Crippen molar-refractivity contribution in [3.63, 3.8) is 0 Å². The Hall–Kier alpha value is -4.39. The maximum atomic E-state index is 13.8. The molecule has 1 amide bonds. The van der Waals surface area contributed by atoms with Crippen molar-refractivity contribution in [3.8, 4) is 17.2 Å². The topological polar surface area (TPSA) is 126 Å². The van der Waals surface area contributed by atoms with Gasteiger partial charge in [-0.05, 0) is 55.9 Å². The number of hydrogen-bond donors (Lipinski definition) is 2. The number of sulfonamides is 1. The summed E-state index contributed by atoms with van der Waals surface area (Å²) >= 11 is 0. The number of benzene rings is 3. The van der Waals surface area contributed by atoms with Gasteiger partial charge in [0.2, 0.25) is 0 Å². The molecule has 0 aliphatic carbocycles. The van der Waals surface area contributed by atoms with Crippen LogP contribution in [-0.4, -0.2) is 77.7 Å². The molecule has 238 valence electrons. The molecule has 1 aliphatic rings. The average Bonchev–Trinajstić information content (AvgIpc) is 3.47. The third kappa shape index (κ3) is 7.64. The lowest BCUT2D eigenvalue weighted by molar-refractivity contribution is 0.0344.